The predicted molar refractivity (Wildman–Crippen MR) is 150 cm³/mol. The number of ether oxygens (including phenoxy) is 1. The molecule has 2 heterocycles. The third-order valence-corrected chi connectivity index (χ3v) is 7.43. The fourth-order valence-corrected chi connectivity index (χ4v) is 5.24. The Morgan fingerprint density at radius 2 is 1.39 bits per heavy atom. The van der Waals surface area contributed by atoms with Crippen molar-refractivity contribution >= 4 is 28.7 Å². The van der Waals surface area contributed by atoms with Gasteiger partial charge in [0.25, 0.3) is 11.6 Å². The van der Waals surface area contributed by atoms with E-state index in [1.807, 2.05) is 72.5 Å². The van der Waals surface area contributed by atoms with Gasteiger partial charge in [-0.1, -0.05) is 29.8 Å². The molecule has 0 saturated carbocycles. The highest BCUT2D eigenvalue weighted by molar-refractivity contribution is 5.94. The molecular weight excluding hydrogens is 482 g/mol. The van der Waals surface area contributed by atoms with Gasteiger partial charge in [-0.3, -0.25) is 14.9 Å². The highest BCUT2D eigenvalue weighted by Gasteiger charge is 2.28. The molecule has 0 bridgehead atoms. The van der Waals surface area contributed by atoms with Crippen LogP contribution in [0.5, 0.6) is 5.75 Å². The second kappa shape index (κ2) is 11.0. The number of nitro groups is 1. The quantitative estimate of drug-likeness (QED) is 0.359. The van der Waals surface area contributed by atoms with Gasteiger partial charge in [0, 0.05) is 69.7 Å². The minimum Gasteiger partial charge on any atom is -0.495 e. The van der Waals surface area contributed by atoms with Crippen LogP contribution in [0.3, 0.4) is 0 Å². The van der Waals surface area contributed by atoms with Crippen LogP contribution in [0.2, 0.25) is 0 Å². The molecule has 0 spiro atoms. The molecule has 9 nitrogen and oxygen atoms in total. The van der Waals surface area contributed by atoms with E-state index in [9.17, 15) is 14.9 Å². The molecular formula is C29H33N5O4. The molecule has 9 heteroatoms. The van der Waals surface area contributed by atoms with Crippen LogP contribution in [-0.4, -0.2) is 75.2 Å². The Morgan fingerprint density at radius 3 is 2.03 bits per heavy atom. The number of anilines is 3. The molecule has 3 aromatic carbocycles. The second-order valence-electron chi connectivity index (χ2n) is 9.72. The standard InChI is InChI=1S/C29H33N5O4/c1-22-7-9-23(10-8-22)29(35)33-19-13-30(14-20-33)24-11-12-25(34(36)37)27(21-24)32-17-15-31(16-18-32)26-5-3-4-6-28(26)38-2/h3-12,21H,13-20H2,1-2H3. The zero-order valence-electron chi connectivity index (χ0n) is 21.9. The second-order valence-corrected chi connectivity index (χ2v) is 9.72. The van der Waals surface area contributed by atoms with E-state index in [1.165, 1.54) is 0 Å². The average Bonchev–Trinajstić information content (AvgIpc) is 2.97. The normalized spacial score (nSPS) is 15.9. The SMILES string of the molecule is COc1ccccc1N1CCN(c2cc(N3CCN(C(=O)c4ccc(C)cc4)CC3)ccc2[N+](=O)[O-])CC1. The molecule has 2 aliphatic rings. The number of aryl methyl sites for hydroxylation is 1. The molecule has 0 radical (unpaired) electrons. The molecule has 3 aromatic rings. The molecule has 0 atom stereocenters. The van der Waals surface area contributed by atoms with Crippen molar-refractivity contribution in [3.8, 4) is 5.75 Å². The summed E-state index contributed by atoms with van der Waals surface area (Å²) in [6.45, 7) is 7.39. The number of hydrogen-bond acceptors (Lipinski definition) is 7. The van der Waals surface area contributed by atoms with Crippen LogP contribution in [0.25, 0.3) is 0 Å². The van der Waals surface area contributed by atoms with E-state index in [0.29, 0.717) is 50.5 Å². The summed E-state index contributed by atoms with van der Waals surface area (Å²) in [6, 6.07) is 21.0. The summed E-state index contributed by atoms with van der Waals surface area (Å²) >= 11 is 0. The van der Waals surface area contributed by atoms with Crippen molar-refractivity contribution in [1.29, 1.82) is 0 Å². The topological polar surface area (TPSA) is 82.4 Å². The van der Waals surface area contributed by atoms with Crippen LogP contribution in [0.15, 0.2) is 66.7 Å². The fraction of sp³-hybridized carbons (Fsp3) is 0.345. The van der Waals surface area contributed by atoms with Crippen molar-refractivity contribution < 1.29 is 14.5 Å². The number of hydrogen-bond donors (Lipinski definition) is 0. The van der Waals surface area contributed by atoms with Crippen molar-refractivity contribution in [1.82, 2.24) is 4.90 Å². The number of carbonyl (C=O) groups is 1. The highest BCUT2D eigenvalue weighted by atomic mass is 16.6. The summed E-state index contributed by atoms with van der Waals surface area (Å²) in [6.07, 6.45) is 0. The molecule has 0 aromatic heterocycles. The van der Waals surface area contributed by atoms with E-state index in [2.05, 4.69) is 14.7 Å². The maximum absolute atomic E-state index is 12.9. The summed E-state index contributed by atoms with van der Waals surface area (Å²) in [4.78, 5) is 33.0. The van der Waals surface area contributed by atoms with E-state index in [1.54, 1.807) is 13.2 Å². The van der Waals surface area contributed by atoms with Gasteiger partial charge in [-0.15, -0.1) is 0 Å². The van der Waals surface area contributed by atoms with Gasteiger partial charge < -0.3 is 24.3 Å². The maximum atomic E-state index is 12.9. The first-order valence-electron chi connectivity index (χ1n) is 13.0. The maximum Gasteiger partial charge on any atom is 0.292 e. The van der Waals surface area contributed by atoms with Crippen molar-refractivity contribution in [2.45, 2.75) is 6.92 Å². The monoisotopic (exact) mass is 515 g/mol. The van der Waals surface area contributed by atoms with Crippen molar-refractivity contribution in [2.24, 2.45) is 0 Å². The first-order chi connectivity index (χ1) is 18.4. The first-order valence-corrected chi connectivity index (χ1v) is 13.0. The lowest BCUT2D eigenvalue weighted by Crippen LogP contribution is -2.49. The molecule has 198 valence electrons. The third kappa shape index (κ3) is 5.22. The Morgan fingerprint density at radius 1 is 0.789 bits per heavy atom. The number of methoxy groups -OCH3 is 1. The summed E-state index contributed by atoms with van der Waals surface area (Å²) in [7, 11) is 1.67. The summed E-state index contributed by atoms with van der Waals surface area (Å²) in [5.41, 5.74) is 4.57. The third-order valence-electron chi connectivity index (χ3n) is 7.43. The largest absolute Gasteiger partial charge is 0.495 e. The van der Waals surface area contributed by atoms with Crippen LogP contribution in [0.4, 0.5) is 22.7 Å². The summed E-state index contributed by atoms with van der Waals surface area (Å²) < 4.78 is 5.52. The number of benzene rings is 3. The lowest BCUT2D eigenvalue weighted by Gasteiger charge is -2.39. The van der Waals surface area contributed by atoms with Gasteiger partial charge in [0.05, 0.1) is 17.7 Å². The Bertz CT molecular complexity index is 1300. The van der Waals surface area contributed by atoms with Crippen LogP contribution in [-0.2, 0) is 0 Å². The predicted octanol–water partition coefficient (Wildman–Crippen LogP) is 4.20. The molecule has 2 aliphatic heterocycles. The number of nitro benzene ring substituents is 1. The number of nitrogens with zero attached hydrogens (tertiary/aromatic N) is 5. The van der Waals surface area contributed by atoms with Gasteiger partial charge >= 0.3 is 0 Å². The lowest BCUT2D eigenvalue weighted by molar-refractivity contribution is -0.384. The van der Waals surface area contributed by atoms with Crippen LogP contribution < -0.4 is 19.4 Å². The minimum absolute atomic E-state index is 0.0435. The number of rotatable bonds is 6. The zero-order chi connectivity index (χ0) is 26.6. The average molecular weight is 516 g/mol. The molecule has 2 fully saturated rings. The Kier molecular flexibility index (Phi) is 7.35. The van der Waals surface area contributed by atoms with Crippen LogP contribution in [0.1, 0.15) is 15.9 Å². The molecule has 1 amide bonds. The van der Waals surface area contributed by atoms with Gasteiger partial charge in [-0.2, -0.15) is 0 Å². The van der Waals surface area contributed by atoms with E-state index in [-0.39, 0.29) is 16.5 Å². The number of piperazine rings is 2. The number of para-hydroxylation sites is 2. The molecule has 0 aliphatic carbocycles. The van der Waals surface area contributed by atoms with Gasteiger partial charge in [0.15, 0.2) is 0 Å². The highest BCUT2D eigenvalue weighted by Crippen LogP contribution is 2.35. The molecule has 5 rings (SSSR count). The van der Waals surface area contributed by atoms with E-state index in [4.69, 9.17) is 4.74 Å². The van der Waals surface area contributed by atoms with E-state index >= 15 is 0 Å². The van der Waals surface area contributed by atoms with Crippen molar-refractivity contribution in [3.05, 3.63) is 88.0 Å². The molecule has 2 saturated heterocycles. The number of carbonyl (C=O) groups excluding carboxylic acids is 1. The van der Waals surface area contributed by atoms with Crippen LogP contribution in [0, 0.1) is 17.0 Å². The summed E-state index contributed by atoms with van der Waals surface area (Å²) in [5.74, 6) is 0.871. The van der Waals surface area contributed by atoms with E-state index in [0.717, 1.165) is 35.8 Å². The zero-order valence-corrected chi connectivity index (χ0v) is 21.9. The fourth-order valence-electron chi connectivity index (χ4n) is 5.24. The number of amides is 1. The Balaban J connectivity index is 1.27. The molecule has 0 unspecified atom stereocenters. The van der Waals surface area contributed by atoms with Crippen LogP contribution >= 0.6 is 0 Å². The van der Waals surface area contributed by atoms with Crippen molar-refractivity contribution in [3.63, 3.8) is 0 Å². The first kappa shape index (κ1) is 25.4. The lowest BCUT2D eigenvalue weighted by atomic mass is 10.1. The Labute approximate surface area is 223 Å². The van der Waals surface area contributed by atoms with Gasteiger partial charge in [-0.05, 0) is 43.3 Å². The van der Waals surface area contributed by atoms with Gasteiger partial charge in [0.1, 0.15) is 11.4 Å². The van der Waals surface area contributed by atoms with E-state index < -0.39 is 0 Å². The minimum atomic E-state index is -0.302. The molecule has 38 heavy (non-hydrogen) atoms. The van der Waals surface area contributed by atoms with Gasteiger partial charge in [0.2, 0.25) is 0 Å². The van der Waals surface area contributed by atoms with Gasteiger partial charge in [-0.25, -0.2) is 0 Å². The Hall–Kier alpha value is -4.27. The summed E-state index contributed by atoms with van der Waals surface area (Å²) in [5, 5.41) is 11.9. The molecule has 0 N–H and O–H groups in total. The smallest absolute Gasteiger partial charge is 0.292 e. The van der Waals surface area contributed by atoms with Crippen molar-refractivity contribution in [2.75, 3.05) is 74.2 Å².